The molecule has 74 heavy (non-hydrogen) atoms. The molecule has 0 aliphatic carbocycles. The highest BCUT2D eigenvalue weighted by molar-refractivity contribution is 6.13. The number of rotatable bonds is 8. The maximum absolute atomic E-state index is 8.41. The topological polar surface area (TPSA) is 130 Å². The first-order chi connectivity index (χ1) is 36.2. The van der Waals surface area contributed by atoms with Crippen molar-refractivity contribution in [3.05, 3.63) is 217 Å². The molecule has 350 valence electrons. The van der Waals surface area contributed by atoms with Gasteiger partial charge in [0.25, 0.3) is 0 Å². The molecule has 0 atom stereocenters. The molecule has 0 unspecified atom stereocenters. The monoisotopic (exact) mass is 954 g/mol. The van der Waals surface area contributed by atoms with Crippen LogP contribution in [-0.2, 0) is 0 Å². The molecule has 0 N–H and O–H groups in total. The van der Waals surface area contributed by atoms with E-state index in [1.165, 1.54) is 0 Å². The van der Waals surface area contributed by atoms with Crippen LogP contribution >= 0.6 is 0 Å². The minimum atomic E-state index is 0.497. The Balaban J connectivity index is 1.10. The van der Waals surface area contributed by atoms with Crippen LogP contribution in [-0.4, -0.2) is 54.0 Å². The van der Waals surface area contributed by atoms with E-state index in [0.29, 0.717) is 58.1 Å². The SMILES string of the molecule is [C-]#[N+]c1ccc(-n2c3ccccc3c3cc(-c4nc(C)nc(C)n4)ccc32)c(-c2cc(-c3nc(-c4ccccc4)nc(-c4ccccc4)n3)ccc2-n2c3ccccc3c3cc(-c4nc(C)nc(C)n4)ccc32)c1. The lowest BCUT2D eigenvalue weighted by molar-refractivity contribution is 0.928. The summed E-state index contributed by atoms with van der Waals surface area (Å²) in [6.07, 6.45) is 0. The fourth-order valence-electron chi connectivity index (χ4n) is 10.3. The number of para-hydroxylation sites is 2. The highest BCUT2D eigenvalue weighted by atomic mass is 15.1. The molecule has 0 aliphatic rings. The van der Waals surface area contributed by atoms with Gasteiger partial charge in [0.2, 0.25) is 0 Å². The lowest BCUT2D eigenvalue weighted by Gasteiger charge is -2.20. The molecule has 0 saturated heterocycles. The first-order valence-corrected chi connectivity index (χ1v) is 24.2. The number of aryl methyl sites for hydroxylation is 4. The Hall–Kier alpha value is -10.1. The van der Waals surface area contributed by atoms with Gasteiger partial charge >= 0.3 is 0 Å². The van der Waals surface area contributed by atoms with Crippen LogP contribution in [0, 0.1) is 34.3 Å². The van der Waals surface area contributed by atoms with E-state index in [1.807, 2.05) is 100 Å². The Labute approximate surface area is 425 Å². The van der Waals surface area contributed by atoms with Gasteiger partial charge in [-0.3, -0.25) is 0 Å². The molecule has 12 heteroatoms. The zero-order chi connectivity index (χ0) is 50.0. The molecule has 8 aromatic carbocycles. The number of nitrogens with zero attached hydrogens (tertiary/aromatic N) is 12. The van der Waals surface area contributed by atoms with Crippen LogP contribution in [0.1, 0.15) is 23.3 Å². The normalized spacial score (nSPS) is 11.5. The first-order valence-electron chi connectivity index (χ1n) is 24.2. The fraction of sp³-hybridized carbons (Fsp3) is 0.0645. The van der Waals surface area contributed by atoms with Crippen LogP contribution in [0.15, 0.2) is 182 Å². The fourth-order valence-corrected chi connectivity index (χ4v) is 10.3. The van der Waals surface area contributed by atoms with Crippen LogP contribution in [0.3, 0.4) is 0 Å². The first kappa shape index (κ1) is 43.9. The second-order valence-electron chi connectivity index (χ2n) is 18.3. The summed E-state index contributed by atoms with van der Waals surface area (Å²) in [7, 11) is 0. The molecule has 13 rings (SSSR count). The van der Waals surface area contributed by atoms with Crippen LogP contribution in [0.2, 0.25) is 0 Å². The molecule has 0 bridgehead atoms. The zero-order valence-corrected chi connectivity index (χ0v) is 40.7. The van der Waals surface area contributed by atoms with Crippen molar-refractivity contribution in [1.82, 2.24) is 54.0 Å². The summed E-state index contributed by atoms with van der Waals surface area (Å²) in [5.74, 6) is 5.54. The third kappa shape index (κ3) is 7.59. The van der Waals surface area contributed by atoms with Gasteiger partial charge in [0.05, 0.1) is 40.0 Å². The Bertz CT molecular complexity index is 4340. The lowest BCUT2D eigenvalue weighted by atomic mass is 9.97. The third-order valence-corrected chi connectivity index (χ3v) is 13.4. The predicted octanol–water partition coefficient (Wildman–Crippen LogP) is 14.2. The van der Waals surface area contributed by atoms with Gasteiger partial charge in [-0.15, -0.1) is 0 Å². The van der Waals surface area contributed by atoms with Crippen molar-refractivity contribution in [3.63, 3.8) is 0 Å². The second kappa shape index (κ2) is 17.6. The number of benzene rings is 8. The van der Waals surface area contributed by atoms with Crippen molar-refractivity contribution in [3.8, 4) is 79.4 Å². The van der Waals surface area contributed by atoms with E-state index in [-0.39, 0.29) is 0 Å². The van der Waals surface area contributed by atoms with Crippen molar-refractivity contribution in [2.45, 2.75) is 27.7 Å². The predicted molar refractivity (Wildman–Crippen MR) is 293 cm³/mol. The average molecular weight is 955 g/mol. The van der Waals surface area contributed by atoms with Crippen LogP contribution in [0.4, 0.5) is 5.69 Å². The molecule has 13 aromatic rings. The van der Waals surface area contributed by atoms with E-state index in [0.717, 1.165) is 93.9 Å². The smallest absolute Gasteiger partial charge is 0.188 e. The van der Waals surface area contributed by atoms with Crippen LogP contribution in [0.25, 0.3) is 128 Å². The van der Waals surface area contributed by atoms with Gasteiger partial charge in [-0.2, -0.15) is 0 Å². The Kier molecular flexibility index (Phi) is 10.4. The molecule has 0 aliphatic heterocycles. The molecule has 0 fully saturated rings. The van der Waals surface area contributed by atoms with E-state index in [2.05, 4.69) is 133 Å². The minimum Gasteiger partial charge on any atom is -0.309 e. The summed E-state index contributed by atoms with van der Waals surface area (Å²) in [5.41, 5.74) is 12.3. The molecule has 0 saturated carbocycles. The summed E-state index contributed by atoms with van der Waals surface area (Å²) in [6, 6.07) is 62.1. The van der Waals surface area contributed by atoms with Crippen molar-refractivity contribution in [2.24, 2.45) is 0 Å². The molecule has 12 nitrogen and oxygen atoms in total. The maximum Gasteiger partial charge on any atom is 0.188 e. The Morgan fingerprint density at radius 3 is 1.15 bits per heavy atom. The molecule has 0 spiro atoms. The van der Waals surface area contributed by atoms with Gasteiger partial charge in [-0.05, 0) is 112 Å². The Morgan fingerprint density at radius 1 is 0.311 bits per heavy atom. The summed E-state index contributed by atoms with van der Waals surface area (Å²) >= 11 is 0. The number of aromatic nitrogens is 11. The summed E-state index contributed by atoms with van der Waals surface area (Å²) in [6.45, 7) is 16.0. The van der Waals surface area contributed by atoms with E-state index in [4.69, 9.17) is 41.5 Å². The van der Waals surface area contributed by atoms with Gasteiger partial charge in [0.1, 0.15) is 23.3 Å². The van der Waals surface area contributed by atoms with Crippen molar-refractivity contribution in [1.29, 1.82) is 0 Å². The average Bonchev–Trinajstić information content (AvgIpc) is 3.95. The summed E-state index contributed by atoms with van der Waals surface area (Å²) in [5, 5.41) is 4.21. The molecule has 5 aromatic heterocycles. The van der Waals surface area contributed by atoms with Gasteiger partial charge in [0.15, 0.2) is 34.8 Å². The number of fused-ring (bicyclic) bond motifs is 6. The van der Waals surface area contributed by atoms with Crippen molar-refractivity contribution >= 4 is 49.3 Å². The highest BCUT2D eigenvalue weighted by Gasteiger charge is 2.24. The van der Waals surface area contributed by atoms with Crippen LogP contribution < -0.4 is 0 Å². The second-order valence-corrected chi connectivity index (χ2v) is 18.3. The van der Waals surface area contributed by atoms with E-state index in [1.54, 1.807) is 0 Å². The summed E-state index contributed by atoms with van der Waals surface area (Å²) < 4.78 is 4.62. The molecule has 0 amide bonds. The van der Waals surface area contributed by atoms with Gasteiger partial charge < -0.3 is 9.13 Å². The van der Waals surface area contributed by atoms with E-state index < -0.39 is 0 Å². The van der Waals surface area contributed by atoms with Crippen molar-refractivity contribution in [2.75, 3.05) is 0 Å². The van der Waals surface area contributed by atoms with Gasteiger partial charge in [0, 0.05) is 54.9 Å². The third-order valence-electron chi connectivity index (χ3n) is 13.4. The maximum atomic E-state index is 8.41. The van der Waals surface area contributed by atoms with E-state index >= 15 is 0 Å². The molecular formula is C62H42N12. The van der Waals surface area contributed by atoms with Gasteiger partial charge in [-0.1, -0.05) is 103 Å². The highest BCUT2D eigenvalue weighted by Crippen LogP contribution is 2.44. The molecule has 0 radical (unpaired) electrons. The zero-order valence-electron chi connectivity index (χ0n) is 40.7. The quantitative estimate of drug-likeness (QED) is 0.137. The Morgan fingerprint density at radius 2 is 0.676 bits per heavy atom. The number of hydrogen-bond donors (Lipinski definition) is 0. The van der Waals surface area contributed by atoms with Gasteiger partial charge in [-0.25, -0.2) is 49.7 Å². The lowest BCUT2D eigenvalue weighted by Crippen LogP contribution is -2.04. The van der Waals surface area contributed by atoms with Crippen LogP contribution in [0.5, 0.6) is 0 Å². The minimum absolute atomic E-state index is 0.497. The molecular weight excluding hydrogens is 913 g/mol. The molecule has 5 heterocycles. The standard InChI is InChI=1S/C62H42N12/c1-36-64-37(2)67-60(66-36)42-24-28-54-48(32-42)46-20-12-14-22-52(46)73(54)56-30-26-44(62-71-58(40-16-8-6-9-17-40)70-59(72-62)41-18-10-7-11-19-41)34-50(56)51-35-45(63-5)27-31-57(51)74-53-23-15-13-21-47(53)49-33-43(25-29-55(49)74)61-68-38(3)65-39(4)69-61/h6-35H,1-4H3. The number of hydrogen-bond acceptors (Lipinski definition) is 9. The van der Waals surface area contributed by atoms with Crippen molar-refractivity contribution < 1.29 is 0 Å². The largest absolute Gasteiger partial charge is 0.309 e. The van der Waals surface area contributed by atoms with E-state index in [9.17, 15) is 0 Å². The summed E-state index contributed by atoms with van der Waals surface area (Å²) in [4.78, 5) is 47.3.